The smallest absolute Gasteiger partial charge is 0.318 e. The summed E-state index contributed by atoms with van der Waals surface area (Å²) in [5.74, 6) is -2.08. The molecule has 5 nitrogen and oxygen atoms in total. The van der Waals surface area contributed by atoms with Crippen molar-refractivity contribution in [3.05, 3.63) is 0 Å². The van der Waals surface area contributed by atoms with E-state index in [1.165, 1.54) is 0 Å². The molecule has 1 aliphatic rings. The van der Waals surface area contributed by atoms with Crippen LogP contribution in [0.15, 0.2) is 4.99 Å². The fraction of sp³-hybridized carbons (Fsp3) is 0.700. The van der Waals surface area contributed by atoms with Gasteiger partial charge in [-0.1, -0.05) is 13.3 Å². The summed E-state index contributed by atoms with van der Waals surface area (Å²) in [6.07, 6.45) is 2.67. The number of amidine groups is 1. The molecule has 0 saturated heterocycles. The van der Waals surface area contributed by atoms with E-state index in [0.29, 0.717) is 12.3 Å². The topological polar surface area (TPSA) is 78.8 Å². The first-order chi connectivity index (χ1) is 7.06. The van der Waals surface area contributed by atoms with Crippen molar-refractivity contribution >= 4 is 17.7 Å². The van der Waals surface area contributed by atoms with Crippen molar-refractivity contribution in [2.24, 2.45) is 10.9 Å². The Bertz CT molecular complexity index is 299. The molecule has 1 aliphatic heterocycles. The van der Waals surface area contributed by atoms with Gasteiger partial charge < -0.3 is 10.4 Å². The summed E-state index contributed by atoms with van der Waals surface area (Å²) in [5.41, 5.74) is 0. The second-order valence-corrected chi connectivity index (χ2v) is 3.75. The van der Waals surface area contributed by atoms with Gasteiger partial charge in [0.2, 0.25) is 0 Å². The molecule has 0 aliphatic carbocycles. The first-order valence-corrected chi connectivity index (χ1v) is 5.17. The zero-order valence-corrected chi connectivity index (χ0v) is 8.99. The summed E-state index contributed by atoms with van der Waals surface area (Å²) in [4.78, 5) is 25.9. The van der Waals surface area contributed by atoms with Gasteiger partial charge in [0, 0.05) is 12.5 Å². The number of carboxylic acids is 1. The molecular formula is C10H16N2O3. The highest BCUT2D eigenvalue weighted by Gasteiger charge is 2.35. The minimum absolute atomic E-state index is 0.376. The molecule has 1 amide bonds. The minimum Gasteiger partial charge on any atom is -0.481 e. The molecule has 0 radical (unpaired) electrons. The third-order valence-electron chi connectivity index (χ3n) is 2.44. The SMILES string of the molecule is CCCCC1=NC(=O)[C@@H](C(=O)O)[C@H](C)N1. The van der Waals surface area contributed by atoms with Gasteiger partial charge in [-0.15, -0.1) is 0 Å². The second kappa shape index (κ2) is 4.91. The van der Waals surface area contributed by atoms with Gasteiger partial charge in [-0.25, -0.2) is 0 Å². The van der Waals surface area contributed by atoms with E-state index < -0.39 is 17.8 Å². The monoisotopic (exact) mass is 212 g/mol. The van der Waals surface area contributed by atoms with Crippen molar-refractivity contribution in [1.29, 1.82) is 0 Å². The van der Waals surface area contributed by atoms with Crippen LogP contribution < -0.4 is 5.32 Å². The standard InChI is InChI=1S/C10H16N2O3/c1-3-4-5-7-11-6(2)8(10(14)15)9(13)12-7/h6,8H,3-5H2,1-2H3,(H,14,15)(H,11,12,13)/t6-,8-/m0/s1. The molecule has 1 rings (SSSR count). The van der Waals surface area contributed by atoms with E-state index in [0.717, 1.165) is 12.8 Å². The molecule has 2 atom stereocenters. The van der Waals surface area contributed by atoms with Crippen LogP contribution in [0.5, 0.6) is 0 Å². The summed E-state index contributed by atoms with van der Waals surface area (Å²) in [7, 11) is 0. The van der Waals surface area contributed by atoms with E-state index in [1.54, 1.807) is 6.92 Å². The lowest BCUT2D eigenvalue weighted by Crippen LogP contribution is -2.49. The molecule has 0 unspecified atom stereocenters. The minimum atomic E-state index is -1.11. The van der Waals surface area contributed by atoms with Gasteiger partial charge in [-0.05, 0) is 13.3 Å². The lowest BCUT2D eigenvalue weighted by Gasteiger charge is -2.25. The van der Waals surface area contributed by atoms with E-state index in [4.69, 9.17) is 5.11 Å². The normalized spacial score (nSPS) is 25.7. The molecule has 0 spiro atoms. The second-order valence-electron chi connectivity index (χ2n) is 3.75. The summed E-state index contributed by atoms with van der Waals surface area (Å²) >= 11 is 0. The number of carboxylic acid groups (broad SMARTS) is 1. The number of rotatable bonds is 4. The van der Waals surface area contributed by atoms with E-state index in [-0.39, 0.29) is 6.04 Å². The van der Waals surface area contributed by atoms with Gasteiger partial charge in [-0.2, -0.15) is 4.99 Å². The number of hydrogen-bond donors (Lipinski definition) is 2. The number of aliphatic imine (C=N–C) groups is 1. The molecular weight excluding hydrogens is 196 g/mol. The Hall–Kier alpha value is -1.39. The highest BCUT2D eigenvalue weighted by atomic mass is 16.4. The van der Waals surface area contributed by atoms with Crippen LogP contribution in [-0.2, 0) is 9.59 Å². The van der Waals surface area contributed by atoms with Crippen molar-refractivity contribution in [3.8, 4) is 0 Å². The molecule has 0 aromatic rings. The lowest BCUT2D eigenvalue weighted by atomic mass is 9.98. The largest absolute Gasteiger partial charge is 0.481 e. The molecule has 0 aromatic carbocycles. The Morgan fingerprint density at radius 2 is 2.27 bits per heavy atom. The molecule has 1 heterocycles. The first-order valence-electron chi connectivity index (χ1n) is 5.17. The Morgan fingerprint density at radius 1 is 1.60 bits per heavy atom. The van der Waals surface area contributed by atoms with Crippen molar-refractivity contribution in [1.82, 2.24) is 5.32 Å². The Kier molecular flexibility index (Phi) is 3.82. The predicted octanol–water partition coefficient (Wildman–Crippen LogP) is 0.794. The number of unbranched alkanes of at least 4 members (excludes halogenated alkanes) is 1. The van der Waals surface area contributed by atoms with Gasteiger partial charge in [0.25, 0.3) is 5.91 Å². The quantitative estimate of drug-likeness (QED) is 0.675. The average molecular weight is 212 g/mol. The van der Waals surface area contributed by atoms with Gasteiger partial charge >= 0.3 is 5.97 Å². The summed E-state index contributed by atoms with van der Waals surface area (Å²) in [6, 6.07) is -0.376. The van der Waals surface area contributed by atoms with Gasteiger partial charge in [0.05, 0.1) is 0 Å². The van der Waals surface area contributed by atoms with E-state index in [1.807, 2.05) is 0 Å². The number of amides is 1. The number of carbonyl (C=O) groups excluding carboxylic acids is 1. The third-order valence-corrected chi connectivity index (χ3v) is 2.44. The number of hydrogen-bond acceptors (Lipinski definition) is 3. The van der Waals surface area contributed by atoms with E-state index in [2.05, 4.69) is 17.2 Å². The zero-order chi connectivity index (χ0) is 11.4. The van der Waals surface area contributed by atoms with Crippen molar-refractivity contribution in [2.45, 2.75) is 39.2 Å². The predicted molar refractivity (Wildman–Crippen MR) is 55.7 cm³/mol. The number of nitrogens with zero attached hydrogens (tertiary/aromatic N) is 1. The molecule has 5 heteroatoms. The highest BCUT2D eigenvalue weighted by molar-refractivity contribution is 6.06. The molecule has 0 fully saturated rings. The molecule has 0 bridgehead atoms. The van der Waals surface area contributed by atoms with Crippen LogP contribution in [0.2, 0.25) is 0 Å². The Morgan fingerprint density at radius 3 is 2.73 bits per heavy atom. The fourth-order valence-electron chi connectivity index (χ4n) is 1.59. The Balaban J connectivity index is 2.71. The number of aliphatic carboxylic acids is 1. The Labute approximate surface area is 88.6 Å². The highest BCUT2D eigenvalue weighted by Crippen LogP contribution is 2.13. The van der Waals surface area contributed by atoms with Gasteiger partial charge in [0.1, 0.15) is 5.84 Å². The lowest BCUT2D eigenvalue weighted by molar-refractivity contribution is -0.147. The van der Waals surface area contributed by atoms with E-state index in [9.17, 15) is 9.59 Å². The maximum Gasteiger partial charge on any atom is 0.318 e. The number of carbonyl (C=O) groups is 2. The molecule has 15 heavy (non-hydrogen) atoms. The van der Waals surface area contributed by atoms with E-state index >= 15 is 0 Å². The third kappa shape index (κ3) is 2.78. The van der Waals surface area contributed by atoms with Crippen molar-refractivity contribution < 1.29 is 14.7 Å². The van der Waals surface area contributed by atoms with Crippen LogP contribution >= 0.6 is 0 Å². The molecule has 2 N–H and O–H groups in total. The van der Waals surface area contributed by atoms with Gasteiger partial charge in [-0.3, -0.25) is 9.59 Å². The molecule has 0 aromatic heterocycles. The summed E-state index contributed by atoms with van der Waals surface area (Å²) in [5, 5.41) is 11.8. The van der Waals surface area contributed by atoms with Crippen LogP contribution in [0.1, 0.15) is 33.1 Å². The van der Waals surface area contributed by atoms with Crippen molar-refractivity contribution in [3.63, 3.8) is 0 Å². The van der Waals surface area contributed by atoms with Crippen LogP contribution in [0.4, 0.5) is 0 Å². The number of nitrogens with one attached hydrogen (secondary N) is 1. The summed E-state index contributed by atoms with van der Waals surface area (Å²) < 4.78 is 0. The zero-order valence-electron chi connectivity index (χ0n) is 8.99. The first kappa shape index (κ1) is 11.7. The summed E-state index contributed by atoms with van der Waals surface area (Å²) in [6.45, 7) is 3.74. The molecule has 0 saturated carbocycles. The van der Waals surface area contributed by atoms with Crippen LogP contribution in [0.25, 0.3) is 0 Å². The van der Waals surface area contributed by atoms with Crippen molar-refractivity contribution in [2.75, 3.05) is 0 Å². The van der Waals surface area contributed by atoms with Crippen LogP contribution in [0, 0.1) is 5.92 Å². The van der Waals surface area contributed by atoms with Crippen LogP contribution in [0.3, 0.4) is 0 Å². The fourth-order valence-corrected chi connectivity index (χ4v) is 1.59. The van der Waals surface area contributed by atoms with Gasteiger partial charge in [0.15, 0.2) is 5.92 Å². The average Bonchev–Trinajstić information content (AvgIpc) is 2.12. The maximum atomic E-state index is 11.4. The molecule has 84 valence electrons. The maximum absolute atomic E-state index is 11.4. The van der Waals surface area contributed by atoms with Crippen LogP contribution in [-0.4, -0.2) is 28.9 Å².